The van der Waals surface area contributed by atoms with E-state index in [2.05, 4.69) is 5.32 Å². The second-order valence-corrected chi connectivity index (χ2v) is 6.28. The Morgan fingerprint density at radius 1 is 1.43 bits per heavy atom. The van der Waals surface area contributed by atoms with E-state index in [-0.39, 0.29) is 12.5 Å². The molecule has 0 aliphatic carbocycles. The van der Waals surface area contributed by atoms with Gasteiger partial charge >= 0.3 is 5.97 Å². The van der Waals surface area contributed by atoms with Crippen molar-refractivity contribution in [2.75, 3.05) is 18.2 Å². The van der Waals surface area contributed by atoms with Gasteiger partial charge in [-0.2, -0.15) is 0 Å². The molecule has 0 bridgehead atoms. The van der Waals surface area contributed by atoms with Gasteiger partial charge in [-0.05, 0) is 13.3 Å². The number of aliphatic hydroxyl groups is 1. The first kappa shape index (κ1) is 17.8. The molecular formula is C13H22N2O5S. The minimum absolute atomic E-state index is 0.0630. The van der Waals surface area contributed by atoms with Crippen molar-refractivity contribution in [3.05, 3.63) is 0 Å². The number of carbonyl (C=O) groups is 3. The predicted molar refractivity (Wildman–Crippen MR) is 78.8 cm³/mol. The number of carboxylic acids is 1. The van der Waals surface area contributed by atoms with Crippen molar-refractivity contribution in [3.63, 3.8) is 0 Å². The third kappa shape index (κ3) is 4.89. The van der Waals surface area contributed by atoms with Crippen molar-refractivity contribution >= 4 is 29.5 Å². The Labute approximate surface area is 128 Å². The van der Waals surface area contributed by atoms with Gasteiger partial charge in [-0.25, -0.2) is 4.79 Å². The number of nitrogens with one attached hydrogen (secondary N) is 1. The number of aliphatic carboxylic acids is 1. The summed E-state index contributed by atoms with van der Waals surface area (Å²) >= 11 is 1.49. The van der Waals surface area contributed by atoms with Crippen LogP contribution in [-0.4, -0.2) is 62.7 Å². The summed E-state index contributed by atoms with van der Waals surface area (Å²) < 4.78 is 0. The molecule has 0 saturated carbocycles. The van der Waals surface area contributed by atoms with Crippen LogP contribution in [0.4, 0.5) is 0 Å². The fraction of sp³-hybridized carbons (Fsp3) is 0.769. The van der Waals surface area contributed by atoms with Crippen LogP contribution in [0.1, 0.15) is 33.1 Å². The van der Waals surface area contributed by atoms with Crippen LogP contribution in [0.2, 0.25) is 0 Å². The largest absolute Gasteiger partial charge is 0.479 e. The summed E-state index contributed by atoms with van der Waals surface area (Å²) in [5, 5.41) is 20.8. The lowest BCUT2D eigenvalue weighted by Crippen LogP contribution is -2.52. The van der Waals surface area contributed by atoms with E-state index in [9.17, 15) is 19.5 Å². The standard InChI is InChI=1S/C13H22N2O5S/c1-3-4-5-10(16)15-8-21-6-9(15)11(17)14-7-13(2,20)12(18)19/h9,20H,3-8H2,1-2H3,(H,14,17)(H,18,19). The lowest BCUT2D eigenvalue weighted by molar-refractivity contribution is -0.156. The highest BCUT2D eigenvalue weighted by Crippen LogP contribution is 2.22. The number of nitrogens with zero attached hydrogens (tertiary/aromatic N) is 1. The number of rotatable bonds is 7. The second kappa shape index (κ2) is 7.65. The maximum absolute atomic E-state index is 12.1. The van der Waals surface area contributed by atoms with Crippen LogP contribution in [0.5, 0.6) is 0 Å². The summed E-state index contributed by atoms with van der Waals surface area (Å²) in [4.78, 5) is 36.4. The van der Waals surface area contributed by atoms with E-state index in [1.165, 1.54) is 16.7 Å². The molecule has 21 heavy (non-hydrogen) atoms. The van der Waals surface area contributed by atoms with Crippen LogP contribution in [0, 0.1) is 0 Å². The number of thioether (sulfide) groups is 1. The van der Waals surface area contributed by atoms with Crippen LogP contribution in [0.15, 0.2) is 0 Å². The highest BCUT2D eigenvalue weighted by atomic mass is 32.2. The third-order valence-corrected chi connectivity index (χ3v) is 4.33. The molecule has 0 spiro atoms. The summed E-state index contributed by atoms with van der Waals surface area (Å²) in [5.41, 5.74) is -2.02. The van der Waals surface area contributed by atoms with Crippen LogP contribution < -0.4 is 5.32 Å². The first-order valence-corrected chi connectivity index (χ1v) is 8.05. The lowest BCUT2D eigenvalue weighted by atomic mass is 10.1. The van der Waals surface area contributed by atoms with Gasteiger partial charge in [0, 0.05) is 12.2 Å². The molecule has 2 unspecified atom stereocenters. The fourth-order valence-electron chi connectivity index (χ4n) is 1.83. The molecule has 0 radical (unpaired) electrons. The molecule has 2 atom stereocenters. The smallest absolute Gasteiger partial charge is 0.337 e. The number of hydrogen-bond donors (Lipinski definition) is 3. The zero-order valence-electron chi connectivity index (χ0n) is 12.3. The van der Waals surface area contributed by atoms with Gasteiger partial charge in [-0.15, -0.1) is 11.8 Å². The van der Waals surface area contributed by atoms with Crippen LogP contribution in [0.3, 0.4) is 0 Å². The summed E-state index contributed by atoms with van der Waals surface area (Å²) in [5.74, 6) is -0.938. The van der Waals surface area contributed by atoms with Crippen molar-refractivity contribution < 1.29 is 24.6 Å². The van der Waals surface area contributed by atoms with Crippen molar-refractivity contribution in [2.45, 2.75) is 44.8 Å². The average Bonchev–Trinajstić information content (AvgIpc) is 2.91. The number of amides is 2. The van der Waals surface area contributed by atoms with Gasteiger partial charge in [0.15, 0.2) is 5.60 Å². The molecule has 7 nitrogen and oxygen atoms in total. The molecular weight excluding hydrogens is 296 g/mol. The minimum Gasteiger partial charge on any atom is -0.479 e. The molecule has 0 aromatic carbocycles. The van der Waals surface area contributed by atoms with Gasteiger partial charge in [0.1, 0.15) is 6.04 Å². The van der Waals surface area contributed by atoms with E-state index in [1.54, 1.807) is 0 Å². The number of unbranched alkanes of at least 4 members (excludes halogenated alkanes) is 1. The summed E-state index contributed by atoms with van der Waals surface area (Å²) in [6.45, 7) is 2.71. The predicted octanol–water partition coefficient (Wildman–Crippen LogP) is 0.0299. The van der Waals surface area contributed by atoms with Crippen molar-refractivity contribution in [3.8, 4) is 0 Å². The topological polar surface area (TPSA) is 107 Å². The van der Waals surface area contributed by atoms with Gasteiger partial charge in [0.2, 0.25) is 11.8 Å². The van der Waals surface area contributed by atoms with E-state index < -0.39 is 23.5 Å². The maximum Gasteiger partial charge on any atom is 0.337 e. The lowest BCUT2D eigenvalue weighted by Gasteiger charge is -2.25. The number of hydrogen-bond acceptors (Lipinski definition) is 5. The Hall–Kier alpha value is -1.28. The Kier molecular flexibility index (Phi) is 6.47. The molecule has 0 aromatic rings. The molecule has 1 aliphatic rings. The molecule has 1 rings (SSSR count). The molecule has 1 aliphatic heterocycles. The molecule has 3 N–H and O–H groups in total. The summed E-state index contributed by atoms with van der Waals surface area (Å²) in [6.07, 6.45) is 2.10. The molecule has 1 saturated heterocycles. The van der Waals surface area contributed by atoms with Gasteiger partial charge in [0.05, 0.1) is 12.4 Å². The Balaban J connectivity index is 2.56. The molecule has 0 aromatic heterocycles. The minimum atomic E-state index is -2.02. The normalized spacial score (nSPS) is 20.9. The quantitative estimate of drug-likeness (QED) is 0.611. The Morgan fingerprint density at radius 3 is 2.67 bits per heavy atom. The van der Waals surface area contributed by atoms with E-state index in [4.69, 9.17) is 5.11 Å². The van der Waals surface area contributed by atoms with Gasteiger partial charge in [-0.1, -0.05) is 13.3 Å². The third-order valence-electron chi connectivity index (χ3n) is 3.32. The highest BCUT2D eigenvalue weighted by Gasteiger charge is 2.36. The highest BCUT2D eigenvalue weighted by molar-refractivity contribution is 7.99. The zero-order chi connectivity index (χ0) is 16.0. The van der Waals surface area contributed by atoms with E-state index in [0.29, 0.717) is 18.1 Å². The molecule has 2 amide bonds. The van der Waals surface area contributed by atoms with Crippen LogP contribution in [0.25, 0.3) is 0 Å². The monoisotopic (exact) mass is 318 g/mol. The first-order chi connectivity index (χ1) is 9.79. The Bertz CT molecular complexity index is 413. The van der Waals surface area contributed by atoms with Crippen molar-refractivity contribution in [2.24, 2.45) is 0 Å². The average molecular weight is 318 g/mol. The summed E-state index contributed by atoms with van der Waals surface area (Å²) in [6, 6.07) is -0.594. The summed E-state index contributed by atoms with van der Waals surface area (Å²) in [7, 11) is 0. The zero-order valence-corrected chi connectivity index (χ0v) is 13.1. The fourth-order valence-corrected chi connectivity index (χ4v) is 3.01. The van der Waals surface area contributed by atoms with E-state index in [1.807, 2.05) is 6.92 Å². The van der Waals surface area contributed by atoms with Gasteiger partial charge < -0.3 is 20.4 Å². The molecule has 1 heterocycles. The van der Waals surface area contributed by atoms with Crippen molar-refractivity contribution in [1.82, 2.24) is 10.2 Å². The Morgan fingerprint density at radius 2 is 2.10 bits per heavy atom. The van der Waals surface area contributed by atoms with Crippen LogP contribution >= 0.6 is 11.8 Å². The second-order valence-electron chi connectivity index (χ2n) is 5.28. The number of carbonyl (C=O) groups excluding carboxylic acids is 2. The van der Waals surface area contributed by atoms with E-state index in [0.717, 1.165) is 19.8 Å². The van der Waals surface area contributed by atoms with Gasteiger partial charge in [0.25, 0.3) is 0 Å². The molecule has 8 heteroatoms. The van der Waals surface area contributed by atoms with Gasteiger partial charge in [-0.3, -0.25) is 9.59 Å². The van der Waals surface area contributed by atoms with Crippen LogP contribution in [-0.2, 0) is 14.4 Å². The molecule has 1 fully saturated rings. The van der Waals surface area contributed by atoms with E-state index >= 15 is 0 Å². The SMILES string of the molecule is CCCCC(=O)N1CSCC1C(=O)NCC(C)(O)C(=O)O. The number of carboxylic acid groups (broad SMARTS) is 1. The van der Waals surface area contributed by atoms with Crippen molar-refractivity contribution in [1.29, 1.82) is 0 Å². The molecule has 120 valence electrons. The maximum atomic E-state index is 12.1. The first-order valence-electron chi connectivity index (χ1n) is 6.90.